The van der Waals surface area contributed by atoms with Crippen molar-refractivity contribution in [1.82, 2.24) is 5.64 Å². The minimum Gasteiger partial charge on any atom is -0.493 e. The zero-order valence-corrected chi connectivity index (χ0v) is 12.0. The zero-order chi connectivity index (χ0) is 15.2. The van der Waals surface area contributed by atoms with Crippen molar-refractivity contribution in [2.24, 2.45) is 0 Å². The molecule has 114 valence electrons. The van der Waals surface area contributed by atoms with E-state index < -0.39 is 0 Å². The minimum atomic E-state index is -0.371. The highest BCUT2D eigenvalue weighted by molar-refractivity contribution is 5.79. The molecule has 2 aromatic carbocycles. The van der Waals surface area contributed by atoms with Crippen LogP contribution in [-0.4, -0.2) is 12.6 Å². The fourth-order valence-corrected chi connectivity index (χ4v) is 2.42. The molecule has 1 aliphatic heterocycles. The van der Waals surface area contributed by atoms with Gasteiger partial charge in [0.05, 0.1) is 19.1 Å². The van der Waals surface area contributed by atoms with Crippen LogP contribution in [0.4, 0.5) is 0 Å². The molecule has 1 atom stereocenters. The van der Waals surface area contributed by atoms with Crippen molar-refractivity contribution in [3.8, 4) is 5.75 Å². The molecule has 0 aliphatic carbocycles. The Morgan fingerprint density at radius 1 is 1.14 bits per heavy atom. The number of rotatable bonds is 5. The molecule has 0 bridgehead atoms. The first kappa shape index (κ1) is 14.6. The monoisotopic (exact) mass is 299 g/mol. The Hall–Kier alpha value is -2.37. The van der Waals surface area contributed by atoms with E-state index in [4.69, 9.17) is 14.4 Å². The molecule has 0 radical (unpaired) electrons. The number of carbonyl (C=O) groups is 1. The lowest BCUT2D eigenvalue weighted by molar-refractivity contribution is -0.197. The third kappa shape index (κ3) is 3.44. The van der Waals surface area contributed by atoms with Crippen LogP contribution >= 0.6 is 0 Å². The summed E-state index contributed by atoms with van der Waals surface area (Å²) in [6, 6.07) is 17.1. The average molecular weight is 299 g/mol. The molecule has 0 saturated carbocycles. The molecule has 1 aliphatic rings. The third-order valence-corrected chi connectivity index (χ3v) is 3.53. The van der Waals surface area contributed by atoms with Crippen LogP contribution in [0.25, 0.3) is 0 Å². The Bertz CT molecular complexity index is 630. The van der Waals surface area contributed by atoms with E-state index in [-0.39, 0.29) is 11.9 Å². The Morgan fingerprint density at radius 3 is 2.77 bits per heavy atom. The minimum absolute atomic E-state index is 0.318. The van der Waals surface area contributed by atoms with Gasteiger partial charge in [-0.1, -0.05) is 48.5 Å². The Balaban J connectivity index is 1.51. The van der Waals surface area contributed by atoms with Crippen molar-refractivity contribution in [1.29, 1.82) is 0 Å². The molecule has 0 saturated heterocycles. The first-order chi connectivity index (χ1) is 10.8. The number of benzene rings is 2. The van der Waals surface area contributed by atoms with Crippen molar-refractivity contribution >= 4 is 5.97 Å². The van der Waals surface area contributed by atoms with E-state index in [1.54, 1.807) is 0 Å². The van der Waals surface area contributed by atoms with Crippen LogP contribution in [0.5, 0.6) is 5.75 Å². The van der Waals surface area contributed by atoms with Crippen molar-refractivity contribution in [2.45, 2.75) is 18.9 Å². The van der Waals surface area contributed by atoms with Crippen LogP contribution in [0.3, 0.4) is 0 Å². The molecule has 0 spiro atoms. The molecule has 1 heterocycles. The maximum Gasteiger partial charge on any atom is 0.335 e. The zero-order valence-electron chi connectivity index (χ0n) is 12.0. The van der Waals surface area contributed by atoms with Gasteiger partial charge >= 0.3 is 5.97 Å². The summed E-state index contributed by atoms with van der Waals surface area (Å²) in [6.07, 6.45) is 0.593. The highest BCUT2D eigenvalue weighted by Crippen LogP contribution is 2.33. The maximum atomic E-state index is 12.2. The molecule has 3 rings (SSSR count). The van der Waals surface area contributed by atoms with Gasteiger partial charge in [0.25, 0.3) is 0 Å². The molecule has 0 fully saturated rings. The standard InChI is InChI=1S/C17H17NO4/c19-17(22-18-21-12-13-6-2-1-3-7-13)15-10-11-20-16-9-5-4-8-14(15)16/h1-9,15,18H,10-12H2. The van der Waals surface area contributed by atoms with E-state index in [1.165, 1.54) is 0 Å². The van der Waals surface area contributed by atoms with Crippen LogP contribution in [0, 0.1) is 0 Å². The van der Waals surface area contributed by atoms with Crippen LogP contribution in [0.2, 0.25) is 0 Å². The summed E-state index contributed by atoms with van der Waals surface area (Å²) in [5.41, 5.74) is 4.11. The largest absolute Gasteiger partial charge is 0.493 e. The lowest BCUT2D eigenvalue weighted by atomic mass is 9.93. The van der Waals surface area contributed by atoms with Gasteiger partial charge in [0.15, 0.2) is 0 Å². The maximum absolute atomic E-state index is 12.2. The quantitative estimate of drug-likeness (QED) is 0.679. The van der Waals surface area contributed by atoms with Gasteiger partial charge < -0.3 is 9.57 Å². The fraction of sp³-hybridized carbons (Fsp3) is 0.235. The van der Waals surface area contributed by atoms with Gasteiger partial charge in [0.1, 0.15) is 5.75 Å². The lowest BCUT2D eigenvalue weighted by Crippen LogP contribution is -2.28. The van der Waals surface area contributed by atoms with Gasteiger partial charge in [-0.2, -0.15) is 0 Å². The summed E-state index contributed by atoms with van der Waals surface area (Å²) >= 11 is 0. The summed E-state index contributed by atoms with van der Waals surface area (Å²) in [7, 11) is 0. The van der Waals surface area contributed by atoms with Gasteiger partial charge in [-0.25, -0.2) is 4.79 Å². The molecule has 0 aromatic heterocycles. The van der Waals surface area contributed by atoms with Gasteiger partial charge in [-0.05, 0) is 23.7 Å². The number of para-hydroxylation sites is 1. The third-order valence-electron chi connectivity index (χ3n) is 3.53. The summed E-state index contributed by atoms with van der Waals surface area (Å²) in [5.74, 6) is 0.0301. The Kier molecular flexibility index (Phi) is 4.68. The topological polar surface area (TPSA) is 56.8 Å². The first-order valence-corrected chi connectivity index (χ1v) is 7.18. The van der Waals surface area contributed by atoms with E-state index in [2.05, 4.69) is 5.64 Å². The van der Waals surface area contributed by atoms with Gasteiger partial charge in [0.2, 0.25) is 0 Å². The number of hydrogen-bond acceptors (Lipinski definition) is 5. The number of carbonyl (C=O) groups excluding carboxylic acids is 1. The predicted octanol–water partition coefficient (Wildman–Crippen LogP) is 2.73. The number of nitrogens with one attached hydrogen (secondary N) is 1. The summed E-state index contributed by atoms with van der Waals surface area (Å²) in [6.45, 7) is 0.820. The second-order valence-corrected chi connectivity index (χ2v) is 5.01. The lowest BCUT2D eigenvalue weighted by Gasteiger charge is -2.23. The Morgan fingerprint density at radius 2 is 1.91 bits per heavy atom. The van der Waals surface area contributed by atoms with Crippen molar-refractivity contribution in [2.75, 3.05) is 6.61 Å². The SMILES string of the molecule is O=C(ONOCc1ccccc1)C1CCOc2ccccc21. The smallest absolute Gasteiger partial charge is 0.335 e. The van der Waals surface area contributed by atoms with E-state index in [0.717, 1.165) is 16.9 Å². The van der Waals surface area contributed by atoms with Gasteiger partial charge in [-0.3, -0.25) is 4.84 Å². The molecular formula is C17H17NO4. The second-order valence-electron chi connectivity index (χ2n) is 5.01. The normalized spacial score (nSPS) is 16.5. The van der Waals surface area contributed by atoms with E-state index >= 15 is 0 Å². The van der Waals surface area contributed by atoms with E-state index in [1.807, 2.05) is 54.6 Å². The molecule has 1 unspecified atom stereocenters. The highest BCUT2D eigenvalue weighted by Gasteiger charge is 2.29. The summed E-state index contributed by atoms with van der Waals surface area (Å²) in [4.78, 5) is 22.3. The molecule has 22 heavy (non-hydrogen) atoms. The molecule has 5 nitrogen and oxygen atoms in total. The first-order valence-electron chi connectivity index (χ1n) is 7.18. The van der Waals surface area contributed by atoms with Crippen LogP contribution in [0.15, 0.2) is 54.6 Å². The van der Waals surface area contributed by atoms with E-state index in [9.17, 15) is 4.79 Å². The van der Waals surface area contributed by atoms with Crippen molar-refractivity contribution in [3.05, 3.63) is 65.7 Å². The molecular weight excluding hydrogens is 282 g/mol. The summed E-state index contributed by atoms with van der Waals surface area (Å²) in [5, 5.41) is 0. The van der Waals surface area contributed by atoms with Crippen molar-refractivity contribution in [3.63, 3.8) is 0 Å². The van der Waals surface area contributed by atoms with Crippen LogP contribution in [0.1, 0.15) is 23.5 Å². The molecule has 2 aromatic rings. The second kappa shape index (κ2) is 7.06. The predicted molar refractivity (Wildman–Crippen MR) is 79.8 cm³/mol. The number of fused-ring (bicyclic) bond motifs is 1. The van der Waals surface area contributed by atoms with Crippen LogP contribution < -0.4 is 10.4 Å². The average Bonchev–Trinajstić information content (AvgIpc) is 2.59. The van der Waals surface area contributed by atoms with Gasteiger partial charge in [0, 0.05) is 5.56 Å². The molecule has 5 heteroatoms. The van der Waals surface area contributed by atoms with Gasteiger partial charge in [-0.15, -0.1) is 0 Å². The molecule has 0 amide bonds. The van der Waals surface area contributed by atoms with Crippen molar-refractivity contribution < 1.29 is 19.2 Å². The molecule has 1 N–H and O–H groups in total. The number of ether oxygens (including phenoxy) is 1. The van der Waals surface area contributed by atoms with Crippen LogP contribution in [-0.2, 0) is 21.1 Å². The number of hydrogen-bond donors (Lipinski definition) is 1. The fourth-order valence-electron chi connectivity index (χ4n) is 2.42. The highest BCUT2D eigenvalue weighted by atomic mass is 16.9. The van der Waals surface area contributed by atoms with E-state index in [0.29, 0.717) is 19.6 Å². The Labute approximate surface area is 128 Å². The summed E-state index contributed by atoms with van der Waals surface area (Å²) < 4.78 is 5.53.